The Labute approximate surface area is 225 Å². The number of aliphatic carboxylic acids is 1. The first-order valence-electron chi connectivity index (χ1n) is 12.0. The van der Waals surface area contributed by atoms with Gasteiger partial charge >= 0.3 is 12.1 Å². The van der Waals surface area contributed by atoms with Crippen molar-refractivity contribution in [3.63, 3.8) is 0 Å². The maximum absolute atomic E-state index is 14.8. The number of rotatable bonds is 8. The Hall–Kier alpha value is -2.66. The molecular formula is C25H25Cl2F4N3O4. The number of halogens is 6. The number of ketones is 1. The number of Topliss-reactive ketones (excluding diaryl/α,β-unsaturated/α-hetero) is 1. The molecule has 0 spiro atoms. The fourth-order valence-corrected chi connectivity index (χ4v) is 5.41. The van der Waals surface area contributed by atoms with Crippen LogP contribution in [0.15, 0.2) is 24.4 Å². The minimum absolute atomic E-state index is 0.00857. The maximum Gasteiger partial charge on any atom is 0.433 e. The fourth-order valence-electron chi connectivity index (χ4n) is 4.80. The highest BCUT2D eigenvalue weighted by atomic mass is 35.5. The Bertz CT molecular complexity index is 1250. The van der Waals surface area contributed by atoms with Crippen molar-refractivity contribution in [3.05, 3.63) is 51.3 Å². The number of hydrogen-bond acceptors (Lipinski definition) is 4. The lowest BCUT2D eigenvalue weighted by molar-refractivity contribution is -0.152. The molecule has 7 nitrogen and oxygen atoms in total. The number of amides is 1. The second-order valence-electron chi connectivity index (χ2n) is 10.3. The molecule has 0 bridgehead atoms. The second-order valence-corrected chi connectivity index (χ2v) is 11.1. The first-order valence-corrected chi connectivity index (χ1v) is 12.7. The van der Waals surface area contributed by atoms with E-state index in [1.54, 1.807) is 6.92 Å². The standard InChI is InChI=1S/C25H25Cl2F4N3O4/c1-23(22(37)38)7-5-14(6-8-23)34-20(25(29,30)31)15(11-32-34)21(36)33(13-24(28)9-10-24)12-18(35)19-16(26)3-2-4-17(19)27/h2-4,11,14H,5-10,12-13H2,1H3,(H,37,38)/t14-,23-. The van der Waals surface area contributed by atoms with Gasteiger partial charge in [0.1, 0.15) is 5.67 Å². The smallest absolute Gasteiger partial charge is 0.433 e. The van der Waals surface area contributed by atoms with E-state index in [0.717, 1.165) is 11.1 Å². The molecule has 2 aromatic rings. The molecule has 1 aromatic heterocycles. The van der Waals surface area contributed by atoms with Gasteiger partial charge in [0.25, 0.3) is 5.91 Å². The van der Waals surface area contributed by atoms with Gasteiger partial charge in [-0.1, -0.05) is 29.3 Å². The van der Waals surface area contributed by atoms with Crippen LogP contribution < -0.4 is 0 Å². The van der Waals surface area contributed by atoms with Crippen LogP contribution in [0.5, 0.6) is 0 Å². The van der Waals surface area contributed by atoms with Crippen LogP contribution in [0.3, 0.4) is 0 Å². The maximum atomic E-state index is 14.8. The summed E-state index contributed by atoms with van der Waals surface area (Å²) in [4.78, 5) is 38.7. The van der Waals surface area contributed by atoms with Gasteiger partial charge in [-0.3, -0.25) is 19.1 Å². The third-order valence-electron chi connectivity index (χ3n) is 7.35. The van der Waals surface area contributed by atoms with E-state index in [1.165, 1.54) is 18.2 Å². The van der Waals surface area contributed by atoms with E-state index < -0.39 is 65.3 Å². The van der Waals surface area contributed by atoms with Crippen LogP contribution in [0, 0.1) is 5.41 Å². The summed E-state index contributed by atoms with van der Waals surface area (Å²) in [5.74, 6) is -2.97. The lowest BCUT2D eigenvalue weighted by atomic mass is 9.74. The van der Waals surface area contributed by atoms with E-state index in [9.17, 15) is 37.1 Å². The minimum Gasteiger partial charge on any atom is -0.481 e. The van der Waals surface area contributed by atoms with Crippen LogP contribution in [-0.2, 0) is 11.0 Å². The molecule has 38 heavy (non-hydrogen) atoms. The molecule has 0 aliphatic heterocycles. The van der Waals surface area contributed by atoms with Crippen LogP contribution in [0.2, 0.25) is 10.0 Å². The number of carbonyl (C=O) groups excluding carboxylic acids is 2. The molecule has 2 aliphatic carbocycles. The van der Waals surface area contributed by atoms with Gasteiger partial charge < -0.3 is 10.0 Å². The molecular weight excluding hydrogens is 553 g/mol. The van der Waals surface area contributed by atoms with Crippen LogP contribution in [0.1, 0.15) is 77.9 Å². The summed E-state index contributed by atoms with van der Waals surface area (Å²) in [5, 5.41) is 13.3. The Morgan fingerprint density at radius 3 is 2.21 bits per heavy atom. The molecule has 1 aromatic carbocycles. The molecule has 0 radical (unpaired) electrons. The normalized spacial score (nSPS) is 22.7. The molecule has 2 aliphatic rings. The number of alkyl halides is 4. The van der Waals surface area contributed by atoms with Crippen LogP contribution >= 0.6 is 23.2 Å². The van der Waals surface area contributed by atoms with Crippen molar-refractivity contribution in [1.82, 2.24) is 14.7 Å². The van der Waals surface area contributed by atoms with Crippen LogP contribution in [0.25, 0.3) is 0 Å². The topological polar surface area (TPSA) is 92.5 Å². The van der Waals surface area contributed by atoms with Gasteiger partial charge in [-0.2, -0.15) is 18.3 Å². The number of carboxylic acid groups (broad SMARTS) is 1. The summed E-state index contributed by atoms with van der Waals surface area (Å²) < 4.78 is 58.3. The third kappa shape index (κ3) is 5.68. The number of nitrogens with zero attached hydrogens (tertiary/aromatic N) is 3. The van der Waals surface area contributed by atoms with E-state index in [4.69, 9.17) is 23.2 Å². The molecule has 4 rings (SSSR count). The molecule has 0 saturated heterocycles. The van der Waals surface area contributed by atoms with Gasteiger partial charge in [-0.05, 0) is 57.6 Å². The first kappa shape index (κ1) is 28.4. The van der Waals surface area contributed by atoms with E-state index in [2.05, 4.69) is 5.10 Å². The van der Waals surface area contributed by atoms with Gasteiger partial charge in [-0.15, -0.1) is 0 Å². The van der Waals surface area contributed by atoms with E-state index >= 15 is 0 Å². The van der Waals surface area contributed by atoms with E-state index in [-0.39, 0.29) is 54.1 Å². The molecule has 1 heterocycles. The number of carbonyl (C=O) groups is 3. The highest BCUT2D eigenvalue weighted by molar-refractivity contribution is 6.40. The lowest BCUT2D eigenvalue weighted by Crippen LogP contribution is -2.41. The fraction of sp³-hybridized carbons (Fsp3) is 0.520. The average molecular weight is 578 g/mol. The largest absolute Gasteiger partial charge is 0.481 e. The van der Waals surface area contributed by atoms with Crippen molar-refractivity contribution < 1.29 is 37.1 Å². The summed E-state index contributed by atoms with van der Waals surface area (Å²) in [5.41, 5.74) is -5.11. The van der Waals surface area contributed by atoms with Gasteiger partial charge in [0.05, 0.1) is 51.9 Å². The molecule has 13 heteroatoms. The van der Waals surface area contributed by atoms with Gasteiger partial charge in [0, 0.05) is 0 Å². The zero-order valence-corrected chi connectivity index (χ0v) is 21.8. The summed E-state index contributed by atoms with van der Waals surface area (Å²) in [6.07, 6.45) is -3.52. The SMILES string of the molecule is C[C@]1(C(=O)O)CC[C@H](n2ncc(C(=O)N(CC(=O)c3c(Cl)cccc3Cl)CC3(F)CC3)c2C(F)(F)F)CC1. The van der Waals surface area contributed by atoms with Crippen molar-refractivity contribution in [2.24, 2.45) is 5.41 Å². The van der Waals surface area contributed by atoms with E-state index in [1.807, 2.05) is 0 Å². The zero-order chi connectivity index (χ0) is 28.0. The Morgan fingerprint density at radius 1 is 1.13 bits per heavy atom. The molecule has 0 unspecified atom stereocenters. The minimum atomic E-state index is -5.00. The summed E-state index contributed by atoms with van der Waals surface area (Å²) >= 11 is 12.2. The highest BCUT2D eigenvalue weighted by Gasteiger charge is 2.48. The molecule has 1 N–H and O–H groups in total. The third-order valence-corrected chi connectivity index (χ3v) is 7.98. The van der Waals surface area contributed by atoms with Crippen molar-refractivity contribution in [2.75, 3.05) is 13.1 Å². The monoisotopic (exact) mass is 577 g/mol. The van der Waals surface area contributed by atoms with Crippen molar-refractivity contribution in [3.8, 4) is 0 Å². The number of aromatic nitrogens is 2. The van der Waals surface area contributed by atoms with Gasteiger partial charge in [0.15, 0.2) is 11.5 Å². The molecule has 1 amide bonds. The molecule has 2 saturated carbocycles. The summed E-state index contributed by atoms with van der Waals surface area (Å²) in [6.45, 7) is 0.221. The Balaban J connectivity index is 1.66. The number of hydrogen-bond donors (Lipinski definition) is 1. The van der Waals surface area contributed by atoms with Crippen molar-refractivity contribution in [1.29, 1.82) is 0 Å². The molecule has 206 valence electrons. The second kappa shape index (κ2) is 10.1. The Kier molecular flexibility index (Phi) is 7.57. The highest BCUT2D eigenvalue weighted by Crippen LogP contribution is 2.44. The summed E-state index contributed by atoms with van der Waals surface area (Å²) in [7, 11) is 0. The van der Waals surface area contributed by atoms with Crippen molar-refractivity contribution in [2.45, 2.75) is 63.3 Å². The average Bonchev–Trinajstić information content (AvgIpc) is 3.37. The van der Waals surface area contributed by atoms with E-state index in [0.29, 0.717) is 4.68 Å². The zero-order valence-electron chi connectivity index (χ0n) is 20.3. The summed E-state index contributed by atoms with van der Waals surface area (Å²) in [6, 6.07) is 3.51. The molecule has 0 atom stereocenters. The van der Waals surface area contributed by atoms with Gasteiger partial charge in [-0.25, -0.2) is 4.39 Å². The molecule has 2 fully saturated rings. The van der Waals surface area contributed by atoms with Crippen LogP contribution in [0.4, 0.5) is 17.6 Å². The predicted molar refractivity (Wildman–Crippen MR) is 130 cm³/mol. The number of carboxylic acids is 1. The van der Waals surface area contributed by atoms with Crippen molar-refractivity contribution >= 4 is 40.9 Å². The quantitative estimate of drug-likeness (QED) is 0.296. The number of benzene rings is 1. The lowest BCUT2D eigenvalue weighted by Gasteiger charge is -2.34. The first-order chi connectivity index (χ1) is 17.7. The van der Waals surface area contributed by atoms with Gasteiger partial charge in [0.2, 0.25) is 0 Å². The van der Waals surface area contributed by atoms with Crippen LogP contribution in [-0.4, -0.2) is 56.2 Å². The Morgan fingerprint density at radius 2 is 1.71 bits per heavy atom. The predicted octanol–water partition coefficient (Wildman–Crippen LogP) is 6.24.